The van der Waals surface area contributed by atoms with Crippen molar-refractivity contribution in [1.29, 1.82) is 0 Å². The van der Waals surface area contributed by atoms with E-state index >= 15 is 0 Å². The van der Waals surface area contributed by atoms with Crippen LogP contribution in [0.25, 0.3) is 0 Å². The van der Waals surface area contributed by atoms with Gasteiger partial charge in [-0.25, -0.2) is 0 Å². The quantitative estimate of drug-likeness (QED) is 0.814. The Morgan fingerprint density at radius 2 is 1.77 bits per heavy atom. The molecule has 1 aliphatic rings. The summed E-state index contributed by atoms with van der Waals surface area (Å²) in [6.07, 6.45) is 5.20. The molecule has 1 aromatic carbocycles. The summed E-state index contributed by atoms with van der Waals surface area (Å²) in [4.78, 5) is 0. The first kappa shape index (κ1) is 17.1. The van der Waals surface area contributed by atoms with Crippen LogP contribution in [0, 0.1) is 11.8 Å². The maximum absolute atomic E-state index is 6.15. The van der Waals surface area contributed by atoms with Gasteiger partial charge in [0, 0.05) is 12.0 Å². The lowest BCUT2D eigenvalue weighted by Gasteiger charge is -2.33. The molecule has 22 heavy (non-hydrogen) atoms. The zero-order valence-corrected chi connectivity index (χ0v) is 14.3. The maximum Gasteiger partial charge on any atom is 0.126 e. The predicted octanol–water partition coefficient (Wildman–Crippen LogP) is 4.35. The summed E-state index contributed by atoms with van der Waals surface area (Å²) in [6.45, 7) is 8.41. The van der Waals surface area contributed by atoms with Crippen LogP contribution in [0.3, 0.4) is 0 Å². The highest BCUT2D eigenvalue weighted by molar-refractivity contribution is 5.43. The fourth-order valence-corrected chi connectivity index (χ4v) is 3.62. The van der Waals surface area contributed by atoms with Gasteiger partial charge in [0.25, 0.3) is 0 Å². The normalized spacial score (nSPS) is 23.1. The van der Waals surface area contributed by atoms with Crippen LogP contribution < -0.4 is 15.2 Å². The van der Waals surface area contributed by atoms with Gasteiger partial charge < -0.3 is 15.2 Å². The minimum Gasteiger partial charge on any atom is -0.494 e. The smallest absolute Gasteiger partial charge is 0.126 e. The molecule has 2 rings (SSSR count). The molecule has 0 spiro atoms. The van der Waals surface area contributed by atoms with Crippen molar-refractivity contribution in [3.8, 4) is 11.5 Å². The molecule has 3 nitrogen and oxygen atoms in total. The largest absolute Gasteiger partial charge is 0.494 e. The number of nitrogens with two attached hydrogens (primary N) is 1. The Bertz CT molecular complexity index is 453. The first-order chi connectivity index (χ1) is 10.7. The minimum absolute atomic E-state index is 0.393. The van der Waals surface area contributed by atoms with Crippen molar-refractivity contribution in [2.75, 3.05) is 19.8 Å². The van der Waals surface area contributed by atoms with Crippen molar-refractivity contribution >= 4 is 0 Å². The summed E-state index contributed by atoms with van der Waals surface area (Å²) in [5.41, 5.74) is 7.40. The molecule has 0 aromatic heterocycles. The third kappa shape index (κ3) is 4.16. The molecule has 0 saturated heterocycles. The van der Waals surface area contributed by atoms with Gasteiger partial charge in [0.1, 0.15) is 11.5 Å². The van der Waals surface area contributed by atoms with E-state index in [1.165, 1.54) is 31.2 Å². The van der Waals surface area contributed by atoms with Crippen molar-refractivity contribution < 1.29 is 9.47 Å². The van der Waals surface area contributed by atoms with E-state index in [1.54, 1.807) is 0 Å². The average Bonchev–Trinajstić information content (AvgIpc) is 2.52. The molecule has 0 radical (unpaired) electrons. The van der Waals surface area contributed by atoms with Crippen LogP contribution in [0.15, 0.2) is 18.2 Å². The fourth-order valence-electron chi connectivity index (χ4n) is 3.62. The van der Waals surface area contributed by atoms with Gasteiger partial charge in [0.2, 0.25) is 0 Å². The summed E-state index contributed by atoms with van der Waals surface area (Å²) in [5.74, 6) is 3.76. The van der Waals surface area contributed by atoms with E-state index < -0.39 is 0 Å². The molecule has 2 N–H and O–H groups in total. The highest BCUT2D eigenvalue weighted by atomic mass is 16.5. The highest BCUT2D eigenvalue weighted by Gasteiger charge is 2.28. The molecule has 0 amide bonds. The molecule has 0 aliphatic heterocycles. The van der Waals surface area contributed by atoms with Gasteiger partial charge in [0.05, 0.1) is 13.2 Å². The van der Waals surface area contributed by atoms with E-state index in [0.717, 1.165) is 17.4 Å². The average molecular weight is 305 g/mol. The summed E-state index contributed by atoms with van der Waals surface area (Å²) in [5, 5.41) is 0. The second-order valence-electron chi connectivity index (χ2n) is 6.43. The van der Waals surface area contributed by atoms with Gasteiger partial charge in [-0.05, 0) is 56.7 Å². The first-order valence-electron chi connectivity index (χ1n) is 8.79. The molecular weight excluding hydrogens is 274 g/mol. The van der Waals surface area contributed by atoms with Crippen molar-refractivity contribution in [3.63, 3.8) is 0 Å². The van der Waals surface area contributed by atoms with Crippen LogP contribution in [0.2, 0.25) is 0 Å². The van der Waals surface area contributed by atoms with Crippen molar-refractivity contribution in [1.82, 2.24) is 0 Å². The van der Waals surface area contributed by atoms with Crippen LogP contribution in [-0.4, -0.2) is 19.8 Å². The van der Waals surface area contributed by atoms with Gasteiger partial charge >= 0.3 is 0 Å². The standard InChI is InChI=1S/C19H31NO2/c1-4-21-16-10-11-17(19(12-16)22-5-2)18(13-20)15-8-6-14(3)7-9-15/h10-12,14-15,18H,4-9,13,20H2,1-3H3. The van der Waals surface area contributed by atoms with Gasteiger partial charge in [-0.2, -0.15) is 0 Å². The van der Waals surface area contributed by atoms with Gasteiger partial charge in [-0.3, -0.25) is 0 Å². The zero-order chi connectivity index (χ0) is 15.9. The SMILES string of the molecule is CCOc1ccc(C(CN)C2CCC(C)CC2)c(OCC)c1. The van der Waals surface area contributed by atoms with Gasteiger partial charge in [0.15, 0.2) is 0 Å². The Balaban J connectivity index is 2.23. The number of hydrogen-bond donors (Lipinski definition) is 1. The molecule has 1 unspecified atom stereocenters. The Labute approximate surface area is 135 Å². The van der Waals surface area contributed by atoms with Crippen molar-refractivity contribution in [2.24, 2.45) is 17.6 Å². The first-order valence-corrected chi connectivity index (χ1v) is 8.79. The Hall–Kier alpha value is -1.22. The fraction of sp³-hybridized carbons (Fsp3) is 0.684. The van der Waals surface area contributed by atoms with Crippen LogP contribution in [0.1, 0.15) is 57.9 Å². The lowest BCUT2D eigenvalue weighted by molar-refractivity contribution is 0.249. The second kappa shape index (κ2) is 8.42. The van der Waals surface area contributed by atoms with Gasteiger partial charge in [-0.1, -0.05) is 25.8 Å². The lowest BCUT2D eigenvalue weighted by Crippen LogP contribution is -2.25. The van der Waals surface area contributed by atoms with E-state index in [9.17, 15) is 0 Å². The number of ether oxygens (including phenoxy) is 2. The number of hydrogen-bond acceptors (Lipinski definition) is 3. The zero-order valence-electron chi connectivity index (χ0n) is 14.3. The van der Waals surface area contributed by atoms with E-state index in [0.29, 0.717) is 31.6 Å². The number of benzene rings is 1. The molecule has 1 saturated carbocycles. The predicted molar refractivity (Wildman–Crippen MR) is 91.7 cm³/mol. The Kier molecular flexibility index (Phi) is 6.56. The van der Waals surface area contributed by atoms with E-state index in [4.69, 9.17) is 15.2 Å². The Morgan fingerprint density at radius 3 is 2.36 bits per heavy atom. The van der Waals surface area contributed by atoms with Crippen LogP contribution in [-0.2, 0) is 0 Å². The third-order valence-electron chi connectivity index (χ3n) is 4.88. The molecule has 1 aliphatic carbocycles. The second-order valence-corrected chi connectivity index (χ2v) is 6.43. The topological polar surface area (TPSA) is 44.5 Å². The third-order valence-corrected chi connectivity index (χ3v) is 4.88. The summed E-state index contributed by atoms with van der Waals surface area (Å²) >= 11 is 0. The van der Waals surface area contributed by atoms with Crippen LogP contribution >= 0.6 is 0 Å². The highest BCUT2D eigenvalue weighted by Crippen LogP contribution is 2.41. The van der Waals surface area contributed by atoms with Gasteiger partial charge in [-0.15, -0.1) is 0 Å². The minimum atomic E-state index is 0.393. The Morgan fingerprint density at radius 1 is 1.09 bits per heavy atom. The van der Waals surface area contributed by atoms with Crippen molar-refractivity contribution in [3.05, 3.63) is 23.8 Å². The lowest BCUT2D eigenvalue weighted by atomic mass is 9.74. The molecule has 0 heterocycles. The molecule has 0 bridgehead atoms. The van der Waals surface area contributed by atoms with E-state index in [2.05, 4.69) is 19.1 Å². The molecule has 1 atom stereocenters. The molecule has 124 valence electrons. The summed E-state index contributed by atoms with van der Waals surface area (Å²) in [7, 11) is 0. The maximum atomic E-state index is 6.15. The van der Waals surface area contributed by atoms with E-state index in [-0.39, 0.29) is 0 Å². The summed E-state index contributed by atoms with van der Waals surface area (Å²) < 4.78 is 11.5. The number of rotatable bonds is 7. The van der Waals surface area contributed by atoms with E-state index in [1.807, 2.05) is 19.9 Å². The molecular formula is C19H31NO2. The molecule has 1 fully saturated rings. The molecule has 3 heteroatoms. The molecule has 1 aromatic rings. The monoisotopic (exact) mass is 305 g/mol. The van der Waals surface area contributed by atoms with Crippen LogP contribution in [0.5, 0.6) is 11.5 Å². The summed E-state index contributed by atoms with van der Waals surface area (Å²) in [6, 6.07) is 6.23. The van der Waals surface area contributed by atoms with Crippen LogP contribution in [0.4, 0.5) is 0 Å². The van der Waals surface area contributed by atoms with Crippen molar-refractivity contribution in [2.45, 2.75) is 52.4 Å².